The Hall–Kier alpha value is -2.10. The van der Waals surface area contributed by atoms with Crippen LogP contribution in [-0.2, 0) is 6.42 Å². The Kier molecular flexibility index (Phi) is 3.77. The first-order valence-electron chi connectivity index (χ1n) is 5.97. The van der Waals surface area contributed by atoms with Gasteiger partial charge in [-0.1, -0.05) is 13.3 Å². The van der Waals surface area contributed by atoms with Gasteiger partial charge in [0.2, 0.25) is 5.88 Å². The number of rotatable bonds is 4. The molecular weight excluding hydrogens is 228 g/mol. The van der Waals surface area contributed by atoms with Crippen LogP contribution in [0, 0.1) is 6.92 Å². The molecule has 0 fully saturated rings. The molecule has 0 aliphatic heterocycles. The number of benzene rings is 1. The molecule has 0 atom stereocenters. The van der Waals surface area contributed by atoms with E-state index >= 15 is 0 Å². The highest BCUT2D eigenvalue weighted by atomic mass is 16.5. The van der Waals surface area contributed by atoms with E-state index in [2.05, 4.69) is 16.9 Å². The van der Waals surface area contributed by atoms with Crippen LogP contribution in [0.3, 0.4) is 0 Å². The first-order chi connectivity index (χ1) is 8.67. The van der Waals surface area contributed by atoms with Crippen LogP contribution in [0.1, 0.15) is 24.6 Å². The van der Waals surface area contributed by atoms with Gasteiger partial charge in [0.15, 0.2) is 0 Å². The van der Waals surface area contributed by atoms with Gasteiger partial charge in [0.25, 0.3) is 0 Å². The van der Waals surface area contributed by atoms with E-state index in [-0.39, 0.29) is 5.75 Å². The third kappa shape index (κ3) is 3.20. The van der Waals surface area contributed by atoms with Crippen molar-refractivity contribution in [2.24, 2.45) is 0 Å². The summed E-state index contributed by atoms with van der Waals surface area (Å²) in [5.74, 6) is 1.26. The van der Waals surface area contributed by atoms with Crippen LogP contribution in [0.25, 0.3) is 0 Å². The van der Waals surface area contributed by atoms with E-state index in [0.29, 0.717) is 11.6 Å². The molecule has 0 saturated heterocycles. The molecular formula is C14H16N2O2. The molecule has 4 nitrogen and oxygen atoms in total. The molecule has 0 saturated carbocycles. The van der Waals surface area contributed by atoms with Gasteiger partial charge < -0.3 is 9.84 Å². The lowest BCUT2D eigenvalue weighted by Gasteiger charge is -2.07. The van der Waals surface area contributed by atoms with Crippen LogP contribution in [0.2, 0.25) is 0 Å². The summed E-state index contributed by atoms with van der Waals surface area (Å²) >= 11 is 0. The lowest BCUT2D eigenvalue weighted by atomic mass is 10.2. The minimum absolute atomic E-state index is 0.188. The number of aryl methyl sites for hydroxylation is 2. The summed E-state index contributed by atoms with van der Waals surface area (Å²) in [6.45, 7) is 4.00. The number of ether oxygens (including phenoxy) is 1. The fraction of sp³-hybridized carbons (Fsp3) is 0.286. The summed E-state index contributed by atoms with van der Waals surface area (Å²) in [5, 5.41) is 9.50. The molecule has 0 spiro atoms. The summed E-state index contributed by atoms with van der Waals surface area (Å²) in [6, 6.07) is 6.91. The fourth-order valence-electron chi connectivity index (χ4n) is 1.73. The second kappa shape index (κ2) is 5.49. The van der Waals surface area contributed by atoms with Crippen molar-refractivity contribution < 1.29 is 9.84 Å². The van der Waals surface area contributed by atoms with Gasteiger partial charge >= 0.3 is 0 Å². The molecule has 1 N–H and O–H groups in total. The lowest BCUT2D eigenvalue weighted by molar-refractivity contribution is 0.443. The smallest absolute Gasteiger partial charge is 0.222 e. The molecule has 0 bridgehead atoms. The number of aromatic nitrogens is 2. The molecule has 0 aliphatic rings. The average Bonchev–Trinajstić information content (AvgIpc) is 2.28. The van der Waals surface area contributed by atoms with Crippen molar-refractivity contribution in [3.05, 3.63) is 41.9 Å². The van der Waals surface area contributed by atoms with E-state index in [1.165, 1.54) is 6.33 Å². The number of hydrogen-bond donors (Lipinski definition) is 1. The summed E-state index contributed by atoms with van der Waals surface area (Å²) in [7, 11) is 0. The molecule has 4 heteroatoms. The number of nitrogens with zero attached hydrogens (tertiary/aromatic N) is 2. The van der Waals surface area contributed by atoms with Crippen LogP contribution < -0.4 is 4.74 Å². The maximum Gasteiger partial charge on any atom is 0.222 e. The number of phenols is 1. The number of phenolic OH excluding ortho intramolecular Hbond substituents is 1. The van der Waals surface area contributed by atoms with E-state index in [0.717, 1.165) is 24.1 Å². The van der Waals surface area contributed by atoms with Crippen LogP contribution in [-0.4, -0.2) is 15.1 Å². The van der Waals surface area contributed by atoms with Gasteiger partial charge in [-0.3, -0.25) is 0 Å². The Bertz CT molecular complexity index is 521. The van der Waals surface area contributed by atoms with Gasteiger partial charge in [0.1, 0.15) is 17.8 Å². The predicted molar refractivity (Wildman–Crippen MR) is 68.9 cm³/mol. The maximum absolute atomic E-state index is 9.50. The van der Waals surface area contributed by atoms with Crippen molar-refractivity contribution in [3.63, 3.8) is 0 Å². The third-order valence-corrected chi connectivity index (χ3v) is 2.46. The van der Waals surface area contributed by atoms with Crippen LogP contribution in [0.4, 0.5) is 0 Å². The van der Waals surface area contributed by atoms with Crippen LogP contribution >= 0.6 is 0 Å². The van der Waals surface area contributed by atoms with E-state index in [4.69, 9.17) is 4.74 Å². The highest BCUT2D eigenvalue weighted by Crippen LogP contribution is 2.25. The van der Waals surface area contributed by atoms with Gasteiger partial charge in [0.05, 0.1) is 0 Å². The molecule has 0 unspecified atom stereocenters. The quantitative estimate of drug-likeness (QED) is 0.897. The van der Waals surface area contributed by atoms with Crippen molar-refractivity contribution in [2.75, 3.05) is 0 Å². The number of hydrogen-bond acceptors (Lipinski definition) is 4. The summed E-state index contributed by atoms with van der Waals surface area (Å²) in [4.78, 5) is 8.23. The third-order valence-electron chi connectivity index (χ3n) is 2.46. The first-order valence-corrected chi connectivity index (χ1v) is 5.97. The molecule has 18 heavy (non-hydrogen) atoms. The minimum Gasteiger partial charge on any atom is -0.508 e. The first kappa shape index (κ1) is 12.4. The average molecular weight is 244 g/mol. The van der Waals surface area contributed by atoms with Crippen molar-refractivity contribution in [3.8, 4) is 17.4 Å². The van der Waals surface area contributed by atoms with Gasteiger partial charge in [0, 0.05) is 17.8 Å². The zero-order valence-electron chi connectivity index (χ0n) is 10.6. The Morgan fingerprint density at radius 3 is 2.72 bits per heavy atom. The Labute approximate surface area is 106 Å². The topological polar surface area (TPSA) is 55.2 Å². The molecule has 1 aromatic heterocycles. The molecule has 1 aromatic carbocycles. The molecule has 0 aliphatic carbocycles. The summed E-state index contributed by atoms with van der Waals surface area (Å²) in [6.07, 6.45) is 3.43. The van der Waals surface area contributed by atoms with Crippen molar-refractivity contribution >= 4 is 0 Å². The fourth-order valence-corrected chi connectivity index (χ4v) is 1.73. The van der Waals surface area contributed by atoms with Gasteiger partial charge in [-0.15, -0.1) is 0 Å². The molecule has 1 heterocycles. The second-order valence-corrected chi connectivity index (χ2v) is 4.20. The monoisotopic (exact) mass is 244 g/mol. The molecule has 94 valence electrons. The minimum atomic E-state index is 0.188. The highest BCUT2D eigenvalue weighted by Gasteiger charge is 2.03. The Morgan fingerprint density at radius 2 is 2.00 bits per heavy atom. The molecule has 0 radical (unpaired) electrons. The van der Waals surface area contributed by atoms with E-state index in [1.54, 1.807) is 12.1 Å². The zero-order chi connectivity index (χ0) is 13.0. The molecule has 2 aromatic rings. The van der Waals surface area contributed by atoms with Gasteiger partial charge in [-0.2, -0.15) is 0 Å². The van der Waals surface area contributed by atoms with E-state index in [9.17, 15) is 5.11 Å². The van der Waals surface area contributed by atoms with Crippen molar-refractivity contribution in [1.82, 2.24) is 9.97 Å². The highest BCUT2D eigenvalue weighted by molar-refractivity contribution is 5.38. The Morgan fingerprint density at radius 1 is 1.17 bits per heavy atom. The predicted octanol–water partition coefficient (Wildman–Crippen LogP) is 3.24. The standard InChI is InChI=1S/C14H16N2O2/c1-3-4-11-7-14(16-9-15-11)18-13-6-10(2)5-12(17)8-13/h5-9,17H,3-4H2,1-2H3. The van der Waals surface area contributed by atoms with Gasteiger partial charge in [-0.25, -0.2) is 9.97 Å². The van der Waals surface area contributed by atoms with Crippen molar-refractivity contribution in [2.45, 2.75) is 26.7 Å². The molecule has 2 rings (SSSR count). The summed E-state index contributed by atoms with van der Waals surface area (Å²) in [5.41, 5.74) is 1.90. The van der Waals surface area contributed by atoms with Crippen LogP contribution in [0.15, 0.2) is 30.6 Å². The van der Waals surface area contributed by atoms with E-state index < -0.39 is 0 Å². The summed E-state index contributed by atoms with van der Waals surface area (Å²) < 4.78 is 5.62. The Balaban J connectivity index is 2.20. The van der Waals surface area contributed by atoms with E-state index in [1.807, 2.05) is 19.1 Å². The largest absolute Gasteiger partial charge is 0.508 e. The SMILES string of the molecule is CCCc1cc(Oc2cc(C)cc(O)c2)ncn1. The maximum atomic E-state index is 9.50. The van der Waals surface area contributed by atoms with Crippen molar-refractivity contribution in [1.29, 1.82) is 0 Å². The zero-order valence-corrected chi connectivity index (χ0v) is 10.6. The number of aromatic hydroxyl groups is 1. The second-order valence-electron chi connectivity index (χ2n) is 4.20. The molecule has 0 amide bonds. The van der Waals surface area contributed by atoms with Gasteiger partial charge in [-0.05, 0) is 31.0 Å². The normalized spacial score (nSPS) is 10.3. The lowest BCUT2D eigenvalue weighted by Crippen LogP contribution is -1.94. The van der Waals surface area contributed by atoms with Crippen LogP contribution in [0.5, 0.6) is 17.4 Å².